The molecule has 6 heteroatoms. The molecule has 1 saturated heterocycles. The van der Waals surface area contributed by atoms with Gasteiger partial charge in [0.25, 0.3) is 0 Å². The van der Waals surface area contributed by atoms with Crippen molar-refractivity contribution < 1.29 is 23.8 Å². The molecule has 0 aliphatic carbocycles. The van der Waals surface area contributed by atoms with Crippen molar-refractivity contribution in [3.63, 3.8) is 0 Å². The summed E-state index contributed by atoms with van der Waals surface area (Å²) in [6.45, 7) is 2.22. The second-order valence-corrected chi connectivity index (χ2v) is 5.09. The van der Waals surface area contributed by atoms with Crippen LogP contribution in [0.1, 0.15) is 18.9 Å². The van der Waals surface area contributed by atoms with Crippen molar-refractivity contribution in [1.29, 1.82) is 0 Å². The minimum Gasteiger partial charge on any atom is -0.494 e. The zero-order valence-corrected chi connectivity index (χ0v) is 11.8. The SMILES string of the molecule is CCOc1ccc(CC(=O)N2CCC(F)(C(=O)O)C2)cc1. The van der Waals surface area contributed by atoms with Crippen LogP contribution in [0.4, 0.5) is 4.39 Å². The van der Waals surface area contributed by atoms with Crippen molar-refractivity contribution in [3.8, 4) is 5.75 Å². The summed E-state index contributed by atoms with van der Waals surface area (Å²) in [7, 11) is 0. The van der Waals surface area contributed by atoms with Crippen LogP contribution >= 0.6 is 0 Å². The number of ether oxygens (including phenoxy) is 1. The second-order valence-electron chi connectivity index (χ2n) is 5.09. The Balaban J connectivity index is 1.94. The fourth-order valence-electron chi connectivity index (χ4n) is 2.32. The van der Waals surface area contributed by atoms with Gasteiger partial charge < -0.3 is 14.7 Å². The number of halogens is 1. The van der Waals surface area contributed by atoms with Crippen molar-refractivity contribution in [1.82, 2.24) is 4.90 Å². The molecule has 0 spiro atoms. The highest BCUT2D eigenvalue weighted by atomic mass is 19.1. The molecule has 1 fully saturated rings. The number of carbonyl (C=O) groups is 2. The first-order valence-electron chi connectivity index (χ1n) is 6.86. The number of carbonyl (C=O) groups excluding carboxylic acids is 1. The van der Waals surface area contributed by atoms with Gasteiger partial charge in [-0.2, -0.15) is 0 Å². The van der Waals surface area contributed by atoms with Gasteiger partial charge in [-0.3, -0.25) is 4.79 Å². The van der Waals surface area contributed by atoms with E-state index < -0.39 is 11.6 Å². The van der Waals surface area contributed by atoms with Gasteiger partial charge >= 0.3 is 5.97 Å². The molecule has 1 amide bonds. The van der Waals surface area contributed by atoms with Crippen LogP contribution in [0, 0.1) is 0 Å². The zero-order valence-electron chi connectivity index (χ0n) is 11.8. The number of rotatable bonds is 5. The Hall–Kier alpha value is -2.11. The molecule has 21 heavy (non-hydrogen) atoms. The van der Waals surface area contributed by atoms with Crippen molar-refractivity contribution in [2.24, 2.45) is 0 Å². The third-order valence-electron chi connectivity index (χ3n) is 3.55. The molecule has 1 aliphatic heterocycles. The largest absolute Gasteiger partial charge is 0.494 e. The van der Waals surface area contributed by atoms with E-state index in [1.165, 1.54) is 4.90 Å². The number of alkyl halides is 1. The van der Waals surface area contributed by atoms with Gasteiger partial charge in [0, 0.05) is 13.0 Å². The number of amides is 1. The lowest BCUT2D eigenvalue weighted by atomic mass is 10.1. The number of hydrogen-bond acceptors (Lipinski definition) is 3. The number of carboxylic acids is 1. The van der Waals surface area contributed by atoms with Crippen LogP contribution in [0.3, 0.4) is 0 Å². The summed E-state index contributed by atoms with van der Waals surface area (Å²) in [5.74, 6) is -1.04. The third-order valence-corrected chi connectivity index (χ3v) is 3.55. The van der Waals surface area contributed by atoms with Crippen molar-refractivity contribution in [2.75, 3.05) is 19.7 Å². The number of likely N-dealkylation sites (tertiary alicyclic amines) is 1. The van der Waals surface area contributed by atoms with Crippen LogP contribution in [0.5, 0.6) is 5.75 Å². The van der Waals surface area contributed by atoms with E-state index in [1.54, 1.807) is 24.3 Å². The molecule has 114 valence electrons. The van der Waals surface area contributed by atoms with Crippen LogP contribution < -0.4 is 4.74 Å². The van der Waals surface area contributed by atoms with Crippen LogP contribution in [0.15, 0.2) is 24.3 Å². The maximum Gasteiger partial charge on any atom is 0.343 e. The Morgan fingerprint density at radius 2 is 2.05 bits per heavy atom. The lowest BCUT2D eigenvalue weighted by molar-refractivity contribution is -0.150. The number of carboxylic acid groups (broad SMARTS) is 1. The summed E-state index contributed by atoms with van der Waals surface area (Å²) in [4.78, 5) is 24.2. The van der Waals surface area contributed by atoms with Gasteiger partial charge in [-0.05, 0) is 24.6 Å². The summed E-state index contributed by atoms with van der Waals surface area (Å²) in [6, 6.07) is 7.09. The molecule has 1 N–H and O–H groups in total. The summed E-state index contributed by atoms with van der Waals surface area (Å²) >= 11 is 0. The summed E-state index contributed by atoms with van der Waals surface area (Å²) in [5, 5.41) is 8.82. The predicted octanol–water partition coefficient (Wildman–Crippen LogP) is 1.65. The summed E-state index contributed by atoms with van der Waals surface area (Å²) in [6.07, 6.45) is -0.0283. The van der Waals surface area contributed by atoms with Gasteiger partial charge in [-0.25, -0.2) is 9.18 Å². The first-order chi connectivity index (χ1) is 9.94. The van der Waals surface area contributed by atoms with Gasteiger partial charge in [0.2, 0.25) is 11.6 Å². The van der Waals surface area contributed by atoms with E-state index in [1.807, 2.05) is 6.92 Å². The van der Waals surface area contributed by atoms with E-state index in [4.69, 9.17) is 9.84 Å². The van der Waals surface area contributed by atoms with Crippen LogP contribution in [-0.2, 0) is 16.0 Å². The highest BCUT2D eigenvalue weighted by Gasteiger charge is 2.46. The smallest absolute Gasteiger partial charge is 0.343 e. The average molecular weight is 295 g/mol. The van der Waals surface area contributed by atoms with E-state index >= 15 is 0 Å². The van der Waals surface area contributed by atoms with Crippen LogP contribution in [0.2, 0.25) is 0 Å². The normalized spacial score (nSPS) is 21.3. The highest BCUT2D eigenvalue weighted by Crippen LogP contribution is 2.26. The fourth-order valence-corrected chi connectivity index (χ4v) is 2.32. The molecule has 1 heterocycles. The molecular weight excluding hydrogens is 277 g/mol. The lowest BCUT2D eigenvalue weighted by Gasteiger charge is -2.17. The molecule has 0 bridgehead atoms. The Kier molecular flexibility index (Phi) is 4.45. The molecule has 0 saturated carbocycles. The molecule has 0 aromatic heterocycles. The van der Waals surface area contributed by atoms with E-state index in [0.29, 0.717) is 6.61 Å². The third kappa shape index (κ3) is 3.51. The number of nitrogens with zero attached hydrogens (tertiary/aromatic N) is 1. The predicted molar refractivity (Wildman–Crippen MR) is 74.0 cm³/mol. The van der Waals surface area contributed by atoms with Crippen LogP contribution in [0.25, 0.3) is 0 Å². The van der Waals surface area contributed by atoms with Gasteiger partial charge in [0.1, 0.15) is 5.75 Å². The molecule has 1 aromatic rings. The van der Waals surface area contributed by atoms with Crippen molar-refractivity contribution in [2.45, 2.75) is 25.4 Å². The van der Waals surface area contributed by atoms with E-state index in [9.17, 15) is 14.0 Å². The first kappa shape index (κ1) is 15.3. The molecule has 5 nitrogen and oxygen atoms in total. The zero-order chi connectivity index (χ0) is 15.5. The molecular formula is C15H18FNO4. The van der Waals surface area contributed by atoms with Crippen molar-refractivity contribution >= 4 is 11.9 Å². The Morgan fingerprint density at radius 3 is 2.57 bits per heavy atom. The van der Waals surface area contributed by atoms with Gasteiger partial charge in [-0.1, -0.05) is 12.1 Å². The van der Waals surface area contributed by atoms with E-state index in [0.717, 1.165) is 11.3 Å². The molecule has 1 aliphatic rings. The van der Waals surface area contributed by atoms with Gasteiger partial charge in [-0.15, -0.1) is 0 Å². The minimum absolute atomic E-state index is 0.127. The van der Waals surface area contributed by atoms with Gasteiger partial charge in [0.05, 0.1) is 19.6 Å². The Labute approximate surface area is 122 Å². The van der Waals surface area contributed by atoms with Gasteiger partial charge in [0.15, 0.2) is 0 Å². The fraction of sp³-hybridized carbons (Fsp3) is 0.467. The Morgan fingerprint density at radius 1 is 1.38 bits per heavy atom. The topological polar surface area (TPSA) is 66.8 Å². The van der Waals surface area contributed by atoms with E-state index in [2.05, 4.69) is 0 Å². The summed E-state index contributed by atoms with van der Waals surface area (Å²) < 4.78 is 19.2. The van der Waals surface area contributed by atoms with E-state index in [-0.39, 0.29) is 31.8 Å². The van der Waals surface area contributed by atoms with Crippen LogP contribution in [-0.4, -0.2) is 47.2 Å². The molecule has 1 unspecified atom stereocenters. The molecule has 1 aromatic carbocycles. The molecule has 1 atom stereocenters. The first-order valence-corrected chi connectivity index (χ1v) is 6.86. The molecule has 2 rings (SSSR count). The lowest BCUT2D eigenvalue weighted by Crippen LogP contribution is -2.39. The average Bonchev–Trinajstić information content (AvgIpc) is 2.85. The number of benzene rings is 1. The standard InChI is InChI=1S/C15H18FNO4/c1-2-21-12-5-3-11(4-6-12)9-13(18)17-8-7-15(16,10-17)14(19)20/h3-6H,2,7-10H2,1H3,(H,19,20). The minimum atomic E-state index is -2.31. The Bertz CT molecular complexity index is 531. The quantitative estimate of drug-likeness (QED) is 0.897. The summed E-state index contributed by atoms with van der Waals surface area (Å²) in [5.41, 5.74) is -1.52. The monoisotopic (exact) mass is 295 g/mol. The number of aliphatic carboxylic acids is 1. The van der Waals surface area contributed by atoms with Crippen molar-refractivity contribution in [3.05, 3.63) is 29.8 Å². The maximum atomic E-state index is 13.9. The molecule has 0 radical (unpaired) electrons. The highest BCUT2D eigenvalue weighted by molar-refractivity contribution is 5.83. The maximum absolute atomic E-state index is 13.9. The number of hydrogen-bond donors (Lipinski definition) is 1. The second kappa shape index (κ2) is 6.11.